The van der Waals surface area contributed by atoms with Gasteiger partial charge in [0.2, 0.25) is 5.82 Å². The summed E-state index contributed by atoms with van der Waals surface area (Å²) in [7, 11) is 3.98. The smallest absolute Gasteiger partial charge is 0.282 e. The topological polar surface area (TPSA) is 63.6 Å². The van der Waals surface area contributed by atoms with Crippen molar-refractivity contribution in [2.24, 2.45) is 5.10 Å². The van der Waals surface area contributed by atoms with Gasteiger partial charge in [0, 0.05) is 25.2 Å². The summed E-state index contributed by atoms with van der Waals surface area (Å²) in [5.41, 5.74) is 3.05. The molecule has 0 spiro atoms. The van der Waals surface area contributed by atoms with Crippen LogP contribution in [0.4, 0.5) is 5.69 Å². The number of hydrogen-bond donors (Lipinski definition) is 0. The summed E-state index contributed by atoms with van der Waals surface area (Å²) in [5.74, 6) is 0.852. The molecule has 3 aromatic carbocycles. The zero-order chi connectivity index (χ0) is 21.4. The van der Waals surface area contributed by atoms with Crippen molar-refractivity contribution >= 4 is 33.8 Å². The molecule has 2 aromatic heterocycles. The Kier molecular flexibility index (Phi) is 4.59. The van der Waals surface area contributed by atoms with E-state index in [4.69, 9.17) is 9.40 Å². The molecule has 0 aliphatic rings. The van der Waals surface area contributed by atoms with Crippen LogP contribution in [0.15, 0.2) is 93.2 Å². The summed E-state index contributed by atoms with van der Waals surface area (Å²) in [5, 5.41) is 5.93. The Morgan fingerprint density at radius 2 is 1.71 bits per heavy atom. The molecular formula is C25H20N4O2. The van der Waals surface area contributed by atoms with Gasteiger partial charge < -0.3 is 9.32 Å². The van der Waals surface area contributed by atoms with Crippen molar-refractivity contribution in [2.75, 3.05) is 19.0 Å². The molecule has 0 N–H and O–H groups in total. The molecule has 6 nitrogen and oxygen atoms in total. The first-order valence-corrected chi connectivity index (χ1v) is 9.93. The molecule has 0 bridgehead atoms. The number of fused-ring (bicyclic) bond motifs is 2. The van der Waals surface area contributed by atoms with Crippen molar-refractivity contribution in [2.45, 2.75) is 0 Å². The van der Waals surface area contributed by atoms with Crippen LogP contribution >= 0.6 is 0 Å². The molecule has 0 saturated heterocycles. The average Bonchev–Trinajstić information content (AvgIpc) is 3.23. The van der Waals surface area contributed by atoms with Crippen LogP contribution in [0.2, 0.25) is 0 Å². The van der Waals surface area contributed by atoms with Crippen LogP contribution in [0.5, 0.6) is 0 Å². The Bertz CT molecular complexity index is 1440. The zero-order valence-corrected chi connectivity index (χ0v) is 17.2. The van der Waals surface area contributed by atoms with E-state index in [1.54, 1.807) is 12.3 Å². The predicted molar refractivity (Wildman–Crippen MR) is 125 cm³/mol. The van der Waals surface area contributed by atoms with Gasteiger partial charge in [-0.1, -0.05) is 42.5 Å². The fraction of sp³-hybridized carbons (Fsp3) is 0.0800. The van der Waals surface area contributed by atoms with E-state index < -0.39 is 0 Å². The molecule has 5 aromatic rings. The van der Waals surface area contributed by atoms with Crippen LogP contribution in [-0.2, 0) is 0 Å². The first kappa shape index (κ1) is 18.8. The third-order valence-electron chi connectivity index (χ3n) is 5.13. The lowest BCUT2D eigenvalue weighted by atomic mass is 10.2. The number of aromatic nitrogens is 2. The summed E-state index contributed by atoms with van der Waals surface area (Å²) in [6, 6.07) is 24.7. The van der Waals surface area contributed by atoms with Gasteiger partial charge in [-0.25, -0.2) is 4.98 Å². The molecule has 152 valence electrons. The van der Waals surface area contributed by atoms with Gasteiger partial charge >= 0.3 is 0 Å². The zero-order valence-electron chi connectivity index (χ0n) is 17.2. The van der Waals surface area contributed by atoms with Gasteiger partial charge in [-0.2, -0.15) is 9.78 Å². The third kappa shape index (κ3) is 3.48. The lowest BCUT2D eigenvalue weighted by Gasteiger charge is -2.11. The molecule has 0 unspecified atom stereocenters. The largest absolute Gasteiger partial charge is 0.453 e. The van der Waals surface area contributed by atoms with Crippen molar-refractivity contribution in [3.8, 4) is 11.6 Å². The van der Waals surface area contributed by atoms with E-state index in [0.717, 1.165) is 22.2 Å². The van der Waals surface area contributed by atoms with E-state index in [-0.39, 0.29) is 5.56 Å². The van der Waals surface area contributed by atoms with Crippen LogP contribution < -0.4 is 10.5 Å². The Morgan fingerprint density at radius 3 is 2.48 bits per heavy atom. The van der Waals surface area contributed by atoms with Crippen LogP contribution in [0.1, 0.15) is 5.56 Å². The second-order valence-electron chi connectivity index (χ2n) is 7.45. The molecule has 0 amide bonds. The van der Waals surface area contributed by atoms with Crippen molar-refractivity contribution < 1.29 is 4.42 Å². The number of benzene rings is 3. The van der Waals surface area contributed by atoms with E-state index in [1.165, 1.54) is 4.68 Å². The fourth-order valence-corrected chi connectivity index (χ4v) is 3.47. The Balaban J connectivity index is 1.67. The summed E-state index contributed by atoms with van der Waals surface area (Å²) < 4.78 is 7.30. The van der Waals surface area contributed by atoms with Crippen molar-refractivity contribution in [1.29, 1.82) is 0 Å². The molecule has 0 atom stereocenters. The summed E-state index contributed by atoms with van der Waals surface area (Å²) in [4.78, 5) is 20.0. The molecule has 31 heavy (non-hydrogen) atoms. The van der Waals surface area contributed by atoms with Crippen molar-refractivity contribution in [3.05, 3.63) is 94.8 Å². The lowest BCUT2D eigenvalue weighted by Crippen LogP contribution is -2.20. The van der Waals surface area contributed by atoms with E-state index in [2.05, 4.69) is 5.10 Å². The fourth-order valence-electron chi connectivity index (χ4n) is 3.47. The minimum absolute atomic E-state index is 0.248. The molecule has 6 heteroatoms. The highest BCUT2D eigenvalue weighted by atomic mass is 16.3. The van der Waals surface area contributed by atoms with E-state index in [1.807, 2.05) is 91.8 Å². The SMILES string of the molecule is CN(C)c1ccc(C=Nn2c(-c3cc4ccccc4o3)nc3ccccc3c2=O)cc1. The van der Waals surface area contributed by atoms with Crippen LogP contribution in [0, 0.1) is 0 Å². The Labute approximate surface area is 178 Å². The first-order valence-electron chi connectivity index (χ1n) is 9.93. The standard InChI is InChI=1S/C25H20N4O2/c1-28(2)19-13-11-17(12-14-19)16-26-29-24(23-15-18-7-3-6-10-22(18)31-23)27-21-9-5-4-8-20(21)25(29)30/h3-16H,1-2H3. The average molecular weight is 408 g/mol. The van der Waals surface area contributed by atoms with E-state index in [9.17, 15) is 4.79 Å². The van der Waals surface area contributed by atoms with Crippen LogP contribution in [0.25, 0.3) is 33.5 Å². The van der Waals surface area contributed by atoms with E-state index >= 15 is 0 Å². The third-order valence-corrected chi connectivity index (χ3v) is 5.13. The number of para-hydroxylation sites is 2. The van der Waals surface area contributed by atoms with Gasteiger partial charge in [0.1, 0.15) is 5.58 Å². The monoisotopic (exact) mass is 408 g/mol. The molecule has 5 rings (SSSR count). The van der Waals surface area contributed by atoms with Gasteiger partial charge in [-0.3, -0.25) is 4.79 Å². The Morgan fingerprint density at radius 1 is 0.968 bits per heavy atom. The summed E-state index contributed by atoms with van der Waals surface area (Å²) in [6.07, 6.45) is 1.66. The molecule has 0 fully saturated rings. The lowest BCUT2D eigenvalue weighted by molar-refractivity contribution is 0.616. The van der Waals surface area contributed by atoms with Crippen LogP contribution in [-0.4, -0.2) is 30.0 Å². The van der Waals surface area contributed by atoms with Gasteiger partial charge in [0.25, 0.3) is 5.56 Å². The highest BCUT2D eigenvalue weighted by Gasteiger charge is 2.16. The van der Waals surface area contributed by atoms with Gasteiger partial charge in [0.05, 0.1) is 17.1 Å². The van der Waals surface area contributed by atoms with Gasteiger partial charge in [0.15, 0.2) is 5.76 Å². The van der Waals surface area contributed by atoms with Crippen molar-refractivity contribution in [3.63, 3.8) is 0 Å². The van der Waals surface area contributed by atoms with Crippen molar-refractivity contribution in [1.82, 2.24) is 9.66 Å². The highest BCUT2D eigenvalue weighted by Crippen LogP contribution is 2.27. The molecule has 0 aliphatic carbocycles. The maximum absolute atomic E-state index is 13.3. The normalized spacial score (nSPS) is 11.5. The van der Waals surface area contributed by atoms with Gasteiger partial charge in [-0.05, 0) is 42.0 Å². The maximum Gasteiger partial charge on any atom is 0.282 e. The maximum atomic E-state index is 13.3. The molecule has 0 saturated carbocycles. The second kappa shape index (κ2) is 7.57. The number of furan rings is 1. The first-order chi connectivity index (χ1) is 15.1. The predicted octanol–water partition coefficient (Wildman–Crippen LogP) is 4.76. The van der Waals surface area contributed by atoms with Crippen LogP contribution in [0.3, 0.4) is 0 Å². The Hall–Kier alpha value is -4.19. The van der Waals surface area contributed by atoms with E-state index in [0.29, 0.717) is 22.5 Å². The summed E-state index contributed by atoms with van der Waals surface area (Å²) in [6.45, 7) is 0. The molecular weight excluding hydrogens is 388 g/mol. The highest BCUT2D eigenvalue weighted by molar-refractivity contribution is 5.85. The second-order valence-corrected chi connectivity index (χ2v) is 7.45. The molecule has 0 aliphatic heterocycles. The summed E-state index contributed by atoms with van der Waals surface area (Å²) >= 11 is 0. The number of anilines is 1. The number of hydrogen-bond acceptors (Lipinski definition) is 5. The number of nitrogens with zero attached hydrogens (tertiary/aromatic N) is 4. The van der Waals surface area contributed by atoms with Gasteiger partial charge in [-0.15, -0.1) is 0 Å². The quantitative estimate of drug-likeness (QED) is 0.402. The minimum Gasteiger partial charge on any atom is -0.453 e. The molecule has 2 heterocycles. The minimum atomic E-state index is -0.248. The number of rotatable bonds is 4. The molecule has 0 radical (unpaired) electrons.